The van der Waals surface area contributed by atoms with E-state index in [9.17, 15) is 14.0 Å². The Morgan fingerprint density at radius 2 is 1.72 bits per heavy atom. The first-order chi connectivity index (χ1) is 15.6. The number of carbonyl (C=O) groups is 2. The molecule has 1 aromatic carbocycles. The smallest absolute Gasteiger partial charge is 0.256 e. The Morgan fingerprint density at radius 3 is 2.50 bits per heavy atom. The lowest BCUT2D eigenvalue weighted by Gasteiger charge is -2.41. The van der Waals surface area contributed by atoms with E-state index in [4.69, 9.17) is 0 Å². The van der Waals surface area contributed by atoms with Gasteiger partial charge in [0.2, 0.25) is 5.91 Å². The zero-order valence-corrected chi connectivity index (χ0v) is 18.8. The molecule has 2 N–H and O–H groups in total. The summed E-state index contributed by atoms with van der Waals surface area (Å²) in [5.41, 5.74) is 7.14. The van der Waals surface area contributed by atoms with Crippen molar-refractivity contribution >= 4 is 11.8 Å². The van der Waals surface area contributed by atoms with E-state index >= 15 is 0 Å². The van der Waals surface area contributed by atoms with Crippen molar-refractivity contribution in [3.8, 4) is 0 Å². The highest BCUT2D eigenvalue weighted by Crippen LogP contribution is 2.35. The molecule has 4 aliphatic rings. The fraction of sp³-hybridized carbons (Fsp3) is 0.680. The van der Waals surface area contributed by atoms with E-state index in [0.717, 1.165) is 44.3 Å². The molecule has 5 rings (SSSR count). The minimum atomic E-state index is -0.447. The van der Waals surface area contributed by atoms with Gasteiger partial charge in [-0.05, 0) is 55.7 Å². The highest BCUT2D eigenvalue weighted by atomic mass is 19.1. The summed E-state index contributed by atoms with van der Waals surface area (Å²) in [4.78, 5) is 29.7. The molecule has 0 bridgehead atoms. The van der Waals surface area contributed by atoms with Gasteiger partial charge in [0.25, 0.3) is 5.91 Å². The van der Waals surface area contributed by atoms with Crippen LogP contribution in [0.3, 0.4) is 0 Å². The number of nitrogens with one attached hydrogen (secondary N) is 2. The molecule has 2 saturated heterocycles. The summed E-state index contributed by atoms with van der Waals surface area (Å²) in [7, 11) is 0. The van der Waals surface area contributed by atoms with Crippen molar-refractivity contribution in [1.82, 2.24) is 20.7 Å². The average molecular weight is 443 g/mol. The Kier molecular flexibility index (Phi) is 6.47. The number of hydrogen-bond donors (Lipinski definition) is 2. The molecular formula is C25H35FN4O2. The first-order valence-electron chi connectivity index (χ1n) is 12.5. The molecule has 6 nitrogen and oxygen atoms in total. The molecule has 0 radical (unpaired) electrons. The predicted octanol–water partition coefficient (Wildman–Crippen LogP) is 2.88. The van der Waals surface area contributed by atoms with Crippen LogP contribution in [0.1, 0.15) is 67.3 Å². The summed E-state index contributed by atoms with van der Waals surface area (Å²) in [6.45, 7) is 3.09. The van der Waals surface area contributed by atoms with Crippen molar-refractivity contribution in [1.29, 1.82) is 0 Å². The van der Waals surface area contributed by atoms with E-state index in [2.05, 4.69) is 15.8 Å². The van der Waals surface area contributed by atoms with Crippen molar-refractivity contribution in [2.45, 2.75) is 69.9 Å². The first-order valence-corrected chi connectivity index (χ1v) is 12.5. The Bertz CT molecular complexity index is 848. The minimum absolute atomic E-state index is 0.0627. The molecule has 2 heterocycles. The van der Waals surface area contributed by atoms with Gasteiger partial charge in [0, 0.05) is 44.2 Å². The SMILES string of the molecule is O=C1NNC(Cc2ccc(F)c(C(=O)N3CCN(C4CCCC4)CC3)c2)C2CCCCC12. The number of hydrogen-bond acceptors (Lipinski definition) is 4. The van der Waals surface area contributed by atoms with E-state index in [0.29, 0.717) is 31.5 Å². The molecule has 7 heteroatoms. The summed E-state index contributed by atoms with van der Waals surface area (Å²) < 4.78 is 14.7. The highest BCUT2D eigenvalue weighted by Gasteiger charge is 2.40. The zero-order chi connectivity index (χ0) is 22.1. The maximum atomic E-state index is 14.7. The summed E-state index contributed by atoms with van der Waals surface area (Å²) >= 11 is 0. The second-order valence-corrected chi connectivity index (χ2v) is 10.1. The van der Waals surface area contributed by atoms with Crippen LogP contribution in [0.4, 0.5) is 4.39 Å². The number of benzene rings is 1. The van der Waals surface area contributed by atoms with Gasteiger partial charge in [-0.3, -0.25) is 19.9 Å². The fourth-order valence-electron chi connectivity index (χ4n) is 6.38. The molecule has 2 saturated carbocycles. The Hall–Kier alpha value is -1.99. The topological polar surface area (TPSA) is 64.7 Å². The second kappa shape index (κ2) is 9.48. The van der Waals surface area contributed by atoms with Crippen LogP contribution in [0.25, 0.3) is 0 Å². The highest BCUT2D eigenvalue weighted by molar-refractivity contribution is 5.94. The summed E-state index contributed by atoms with van der Waals surface area (Å²) in [6, 6.07) is 5.72. The molecule has 2 amide bonds. The number of halogens is 1. The van der Waals surface area contributed by atoms with Crippen molar-refractivity contribution in [3.05, 3.63) is 35.1 Å². The van der Waals surface area contributed by atoms with Gasteiger partial charge in [-0.15, -0.1) is 0 Å². The van der Waals surface area contributed by atoms with Crippen LogP contribution >= 0.6 is 0 Å². The van der Waals surface area contributed by atoms with Gasteiger partial charge in [-0.25, -0.2) is 9.82 Å². The van der Waals surface area contributed by atoms with Crippen LogP contribution in [0, 0.1) is 17.7 Å². The lowest BCUT2D eigenvalue weighted by molar-refractivity contribution is -0.133. The lowest BCUT2D eigenvalue weighted by Crippen LogP contribution is -2.60. The molecule has 2 aliphatic carbocycles. The van der Waals surface area contributed by atoms with E-state index in [1.807, 2.05) is 4.90 Å². The third-order valence-electron chi connectivity index (χ3n) is 8.21. The molecule has 2 aliphatic heterocycles. The normalized spacial score (nSPS) is 29.6. The maximum Gasteiger partial charge on any atom is 0.256 e. The largest absolute Gasteiger partial charge is 0.336 e. The quantitative estimate of drug-likeness (QED) is 0.753. The van der Waals surface area contributed by atoms with Crippen LogP contribution in [0.15, 0.2) is 18.2 Å². The number of rotatable bonds is 4. The van der Waals surface area contributed by atoms with Crippen molar-refractivity contribution in [3.63, 3.8) is 0 Å². The Balaban J connectivity index is 1.24. The second-order valence-electron chi connectivity index (χ2n) is 10.1. The van der Waals surface area contributed by atoms with E-state index in [1.54, 1.807) is 12.1 Å². The van der Waals surface area contributed by atoms with Crippen LogP contribution in [-0.2, 0) is 11.2 Å². The Morgan fingerprint density at radius 1 is 1.00 bits per heavy atom. The van der Waals surface area contributed by atoms with Crippen molar-refractivity contribution in [2.75, 3.05) is 26.2 Å². The molecular weight excluding hydrogens is 407 g/mol. The third kappa shape index (κ3) is 4.42. The van der Waals surface area contributed by atoms with Crippen LogP contribution in [-0.4, -0.2) is 59.9 Å². The number of fused-ring (bicyclic) bond motifs is 1. The summed E-state index contributed by atoms with van der Waals surface area (Å²) in [5.74, 6) is -0.191. The first kappa shape index (κ1) is 21.8. The predicted molar refractivity (Wildman–Crippen MR) is 120 cm³/mol. The van der Waals surface area contributed by atoms with Crippen LogP contribution < -0.4 is 10.9 Å². The molecule has 3 atom stereocenters. The van der Waals surface area contributed by atoms with Crippen LogP contribution in [0.2, 0.25) is 0 Å². The molecule has 32 heavy (non-hydrogen) atoms. The standard InChI is InChI=1S/C25H35FN4O2/c26-22-10-9-17(16-23-19-7-3-4-8-20(19)24(31)28-27-23)15-21(22)25(32)30-13-11-29(12-14-30)18-5-1-2-6-18/h9-10,15,18-20,23,27H,1-8,11-14,16H2,(H,28,31). The lowest BCUT2D eigenvalue weighted by atomic mass is 9.72. The molecule has 3 unspecified atom stereocenters. The molecule has 1 aromatic rings. The van der Waals surface area contributed by atoms with E-state index in [-0.39, 0.29) is 29.3 Å². The van der Waals surface area contributed by atoms with Gasteiger partial charge < -0.3 is 4.90 Å². The van der Waals surface area contributed by atoms with Gasteiger partial charge in [0.05, 0.1) is 5.56 Å². The van der Waals surface area contributed by atoms with Crippen molar-refractivity contribution < 1.29 is 14.0 Å². The Labute approximate surface area is 189 Å². The number of piperazine rings is 1. The summed E-state index contributed by atoms with van der Waals surface area (Å²) in [5, 5.41) is 0. The number of carbonyl (C=O) groups excluding carboxylic acids is 2. The monoisotopic (exact) mass is 442 g/mol. The number of amides is 2. The van der Waals surface area contributed by atoms with Crippen molar-refractivity contribution in [2.24, 2.45) is 11.8 Å². The van der Waals surface area contributed by atoms with Gasteiger partial charge >= 0.3 is 0 Å². The van der Waals surface area contributed by atoms with Gasteiger partial charge in [-0.1, -0.05) is 31.7 Å². The number of hydrazine groups is 1. The molecule has 0 spiro atoms. The fourth-order valence-corrected chi connectivity index (χ4v) is 6.38. The van der Waals surface area contributed by atoms with Gasteiger partial charge in [-0.2, -0.15) is 0 Å². The van der Waals surface area contributed by atoms with E-state index in [1.165, 1.54) is 31.7 Å². The summed E-state index contributed by atoms with van der Waals surface area (Å²) in [6.07, 6.45) is 10.0. The van der Waals surface area contributed by atoms with Gasteiger partial charge in [0.15, 0.2) is 0 Å². The zero-order valence-electron chi connectivity index (χ0n) is 18.8. The number of nitrogens with zero attached hydrogens (tertiary/aromatic N) is 2. The minimum Gasteiger partial charge on any atom is -0.336 e. The van der Waals surface area contributed by atoms with E-state index < -0.39 is 5.82 Å². The molecule has 4 fully saturated rings. The third-order valence-corrected chi connectivity index (χ3v) is 8.21. The van der Waals surface area contributed by atoms with Crippen LogP contribution in [0.5, 0.6) is 0 Å². The molecule has 0 aromatic heterocycles. The average Bonchev–Trinajstić information content (AvgIpc) is 3.37. The molecule has 174 valence electrons. The van der Waals surface area contributed by atoms with Gasteiger partial charge in [0.1, 0.15) is 5.82 Å². The maximum absolute atomic E-state index is 14.7.